The number of fused-ring (bicyclic) bond motifs is 15. The first-order valence-electron chi connectivity index (χ1n) is 17.6. The molecule has 13 aromatic rings. The van der Waals surface area contributed by atoms with Gasteiger partial charge >= 0.3 is 0 Å². The lowest BCUT2D eigenvalue weighted by Gasteiger charge is -2.06. The molecular formula is C48H26N2S. The average molecular weight is 663 g/mol. The van der Waals surface area contributed by atoms with Crippen LogP contribution in [0, 0.1) is 0 Å². The molecule has 0 spiro atoms. The summed E-state index contributed by atoms with van der Waals surface area (Å²) in [5.74, 6) is 0. The molecule has 0 bridgehead atoms. The molecule has 0 unspecified atom stereocenters. The Morgan fingerprint density at radius 3 is 1.25 bits per heavy atom. The number of benzene rings is 8. The van der Waals surface area contributed by atoms with Crippen LogP contribution in [0.25, 0.3) is 119 Å². The molecule has 0 atom stereocenters. The van der Waals surface area contributed by atoms with E-state index < -0.39 is 0 Å². The summed E-state index contributed by atoms with van der Waals surface area (Å²) in [4.78, 5) is 0. The van der Waals surface area contributed by atoms with Crippen LogP contribution in [0.5, 0.6) is 0 Å². The molecule has 0 aliphatic rings. The van der Waals surface area contributed by atoms with Gasteiger partial charge in [0, 0.05) is 63.3 Å². The lowest BCUT2D eigenvalue weighted by molar-refractivity contribution is 1.37. The Labute approximate surface area is 295 Å². The molecule has 8 aromatic carbocycles. The minimum Gasteiger partial charge on any atom is -0.308 e. The van der Waals surface area contributed by atoms with Crippen LogP contribution in [-0.4, -0.2) is 8.80 Å². The number of para-hydroxylation sites is 4. The zero-order chi connectivity index (χ0) is 32.9. The van der Waals surface area contributed by atoms with E-state index in [1.165, 1.54) is 119 Å². The molecule has 3 heteroatoms. The Balaban J connectivity index is 1.05. The molecule has 2 nitrogen and oxygen atoms in total. The van der Waals surface area contributed by atoms with Crippen LogP contribution < -0.4 is 0 Å². The third-order valence-electron chi connectivity index (χ3n) is 11.5. The van der Waals surface area contributed by atoms with Gasteiger partial charge in [-0.05, 0) is 82.9 Å². The summed E-state index contributed by atoms with van der Waals surface area (Å²) in [6.07, 6.45) is 0. The highest BCUT2D eigenvalue weighted by Gasteiger charge is 2.21. The van der Waals surface area contributed by atoms with E-state index in [0.29, 0.717) is 0 Å². The fourth-order valence-corrected chi connectivity index (χ4v) is 10.6. The summed E-state index contributed by atoms with van der Waals surface area (Å²) < 4.78 is 7.58. The maximum absolute atomic E-state index is 2.46. The smallest absolute Gasteiger partial charge is 0.0620 e. The van der Waals surface area contributed by atoms with Crippen molar-refractivity contribution in [2.45, 2.75) is 0 Å². The minimum atomic E-state index is 1.26. The highest BCUT2D eigenvalue weighted by molar-refractivity contribution is 7.26. The lowest BCUT2D eigenvalue weighted by Crippen LogP contribution is -1.81. The predicted octanol–water partition coefficient (Wildman–Crippen LogP) is 13.7. The summed E-state index contributed by atoms with van der Waals surface area (Å²) in [6, 6.07) is 59.0. The fourth-order valence-electron chi connectivity index (χ4n) is 9.43. The summed E-state index contributed by atoms with van der Waals surface area (Å²) in [5, 5.41) is 13.2. The van der Waals surface area contributed by atoms with Crippen LogP contribution >= 0.6 is 11.3 Å². The predicted molar refractivity (Wildman–Crippen MR) is 220 cm³/mol. The van der Waals surface area contributed by atoms with Crippen molar-refractivity contribution in [2.24, 2.45) is 0 Å². The maximum atomic E-state index is 2.46. The molecular weight excluding hydrogens is 637 g/mol. The largest absolute Gasteiger partial charge is 0.308 e. The molecule has 51 heavy (non-hydrogen) atoms. The van der Waals surface area contributed by atoms with E-state index in [1.807, 2.05) is 11.3 Å². The number of hydrogen-bond acceptors (Lipinski definition) is 1. The van der Waals surface area contributed by atoms with Gasteiger partial charge in [-0.25, -0.2) is 0 Å². The van der Waals surface area contributed by atoms with E-state index in [1.54, 1.807) is 0 Å². The summed E-state index contributed by atoms with van der Waals surface area (Å²) in [6.45, 7) is 0. The molecule has 234 valence electrons. The fraction of sp³-hybridized carbons (Fsp3) is 0. The van der Waals surface area contributed by atoms with Crippen LogP contribution in [0.3, 0.4) is 0 Å². The van der Waals surface area contributed by atoms with E-state index in [0.717, 1.165) is 0 Å². The molecule has 0 fully saturated rings. The van der Waals surface area contributed by atoms with Crippen molar-refractivity contribution >= 4 is 108 Å². The maximum Gasteiger partial charge on any atom is 0.0620 e. The third-order valence-corrected chi connectivity index (χ3v) is 12.8. The van der Waals surface area contributed by atoms with E-state index in [-0.39, 0.29) is 0 Å². The second-order valence-corrected chi connectivity index (χ2v) is 15.1. The van der Waals surface area contributed by atoms with Gasteiger partial charge in [-0.1, -0.05) is 97.1 Å². The van der Waals surface area contributed by atoms with Crippen molar-refractivity contribution in [1.29, 1.82) is 0 Å². The summed E-state index contributed by atoms with van der Waals surface area (Å²) in [7, 11) is 0. The van der Waals surface area contributed by atoms with Crippen molar-refractivity contribution in [2.75, 3.05) is 0 Å². The van der Waals surface area contributed by atoms with Gasteiger partial charge in [-0.3, -0.25) is 0 Å². The molecule has 0 amide bonds. The molecule has 0 N–H and O–H groups in total. The van der Waals surface area contributed by atoms with Gasteiger partial charge in [0.25, 0.3) is 0 Å². The van der Waals surface area contributed by atoms with E-state index in [4.69, 9.17) is 0 Å². The van der Waals surface area contributed by atoms with Crippen molar-refractivity contribution < 1.29 is 0 Å². The quantitative estimate of drug-likeness (QED) is 0.174. The Hall–Kier alpha value is -6.42. The first-order valence-corrected chi connectivity index (χ1v) is 18.4. The first kappa shape index (κ1) is 26.4. The van der Waals surface area contributed by atoms with Crippen LogP contribution in [0.4, 0.5) is 0 Å². The Morgan fingerprint density at radius 1 is 0.314 bits per heavy atom. The number of nitrogens with zero attached hydrogens (tertiary/aromatic N) is 2. The molecule has 0 aliphatic heterocycles. The molecule has 5 aromatic heterocycles. The van der Waals surface area contributed by atoms with Crippen LogP contribution in [0.1, 0.15) is 0 Å². The highest BCUT2D eigenvalue weighted by atomic mass is 32.1. The number of thiophene rings is 1. The van der Waals surface area contributed by atoms with Gasteiger partial charge in [0.2, 0.25) is 0 Å². The standard InChI is InChI=1S/C48H26N2S/c1-5-16-41-31(10-1)37-23-28(24-38-32-11-2-6-17-42(32)49(41)46(37)38)27-20-21-45-36(22-27)35-15-9-14-30(48(35)51-45)29-25-39-33-12-3-7-18-43(33)50-44-19-8-4-13-34(44)40(26-29)47(39)50/h1-26H. The topological polar surface area (TPSA) is 8.82 Å². The Kier molecular flexibility index (Phi) is 4.78. The van der Waals surface area contributed by atoms with Crippen molar-refractivity contribution in [3.05, 3.63) is 158 Å². The van der Waals surface area contributed by atoms with E-state index in [2.05, 4.69) is 167 Å². The molecule has 5 heterocycles. The molecule has 0 aliphatic carbocycles. The van der Waals surface area contributed by atoms with Gasteiger partial charge in [0.05, 0.1) is 33.1 Å². The highest BCUT2D eigenvalue weighted by Crippen LogP contribution is 2.47. The Bertz CT molecular complexity index is 3430. The lowest BCUT2D eigenvalue weighted by atomic mass is 9.96. The van der Waals surface area contributed by atoms with Gasteiger partial charge in [0.1, 0.15) is 0 Å². The zero-order valence-electron chi connectivity index (χ0n) is 27.3. The van der Waals surface area contributed by atoms with E-state index in [9.17, 15) is 0 Å². The average Bonchev–Trinajstić information content (AvgIpc) is 3.98. The zero-order valence-corrected chi connectivity index (χ0v) is 28.1. The normalized spacial score (nSPS) is 12.7. The molecule has 13 rings (SSSR count). The summed E-state index contributed by atoms with van der Waals surface area (Å²) >= 11 is 1.91. The van der Waals surface area contributed by atoms with Crippen LogP contribution in [-0.2, 0) is 0 Å². The second kappa shape index (κ2) is 9.22. The van der Waals surface area contributed by atoms with Gasteiger partial charge in [0.15, 0.2) is 0 Å². The summed E-state index contributed by atoms with van der Waals surface area (Å²) in [5.41, 5.74) is 12.8. The SMILES string of the molecule is c1cc(-c2cc3c4ccccc4n4c5ccccc5c(c2)c34)c2sc3ccc(-c4cc5c6ccccc6n6c7ccccc7c(c4)c56)cc3c2c1. The number of aromatic nitrogens is 2. The van der Waals surface area contributed by atoms with Crippen molar-refractivity contribution in [3.63, 3.8) is 0 Å². The molecule has 0 saturated carbocycles. The van der Waals surface area contributed by atoms with Crippen molar-refractivity contribution in [3.8, 4) is 22.3 Å². The van der Waals surface area contributed by atoms with E-state index >= 15 is 0 Å². The minimum absolute atomic E-state index is 1.26. The van der Waals surface area contributed by atoms with Crippen LogP contribution in [0.15, 0.2) is 158 Å². The molecule has 0 radical (unpaired) electrons. The van der Waals surface area contributed by atoms with Gasteiger partial charge in [-0.2, -0.15) is 0 Å². The number of hydrogen-bond donors (Lipinski definition) is 0. The first-order chi connectivity index (χ1) is 25.3. The van der Waals surface area contributed by atoms with Gasteiger partial charge < -0.3 is 8.80 Å². The monoisotopic (exact) mass is 662 g/mol. The second-order valence-electron chi connectivity index (χ2n) is 14.1. The third kappa shape index (κ3) is 3.24. The Morgan fingerprint density at radius 2 is 0.745 bits per heavy atom. The molecule has 0 saturated heterocycles. The number of rotatable bonds is 2. The van der Waals surface area contributed by atoms with Crippen LogP contribution in [0.2, 0.25) is 0 Å². The van der Waals surface area contributed by atoms with Crippen molar-refractivity contribution in [1.82, 2.24) is 8.80 Å². The van der Waals surface area contributed by atoms with Gasteiger partial charge in [-0.15, -0.1) is 11.3 Å².